The highest BCUT2D eigenvalue weighted by atomic mass is 16.5. The lowest BCUT2D eigenvalue weighted by atomic mass is 9.73. The maximum Gasteiger partial charge on any atom is 0.322 e. The molecule has 2 saturated heterocycles. The van der Waals surface area contributed by atoms with Crippen LogP contribution in [0.1, 0.15) is 19.5 Å². The molecule has 2 fully saturated rings. The van der Waals surface area contributed by atoms with Gasteiger partial charge in [-0.2, -0.15) is 0 Å². The molecule has 1 aromatic carbocycles. The lowest BCUT2D eigenvalue weighted by molar-refractivity contribution is -0.129. The van der Waals surface area contributed by atoms with Gasteiger partial charge < -0.3 is 19.7 Å². The number of pyridine rings is 1. The van der Waals surface area contributed by atoms with Crippen molar-refractivity contribution in [2.24, 2.45) is 5.41 Å². The summed E-state index contributed by atoms with van der Waals surface area (Å²) in [4.78, 5) is 35.5. The van der Waals surface area contributed by atoms with Crippen LogP contribution in [0.4, 0.5) is 10.5 Å². The second-order valence-corrected chi connectivity index (χ2v) is 9.19. The van der Waals surface area contributed by atoms with Gasteiger partial charge in [0.15, 0.2) is 5.78 Å². The number of morpholine rings is 1. The van der Waals surface area contributed by atoms with Crippen molar-refractivity contribution in [3.05, 3.63) is 59.9 Å². The van der Waals surface area contributed by atoms with Crippen LogP contribution in [-0.2, 0) is 9.53 Å². The second-order valence-electron chi connectivity index (χ2n) is 9.19. The van der Waals surface area contributed by atoms with Crippen LogP contribution >= 0.6 is 0 Å². The van der Waals surface area contributed by atoms with Crippen molar-refractivity contribution in [3.63, 3.8) is 0 Å². The van der Waals surface area contributed by atoms with Crippen LogP contribution in [-0.4, -0.2) is 79.1 Å². The van der Waals surface area contributed by atoms with Crippen LogP contribution in [0.15, 0.2) is 54.2 Å². The number of Topliss-reactive ketones (excluding diaryl/α,β-unsaturated/α-hetero) is 1. The minimum Gasteiger partial charge on any atom is -0.497 e. The summed E-state index contributed by atoms with van der Waals surface area (Å²) < 4.78 is 10.7. The molecule has 1 aromatic heterocycles. The molecule has 1 atom stereocenters. The molecule has 8 nitrogen and oxygen atoms in total. The Morgan fingerprint density at radius 2 is 1.94 bits per heavy atom. The maximum absolute atomic E-state index is 13.6. The number of nitrogens with one attached hydrogen (secondary N) is 1. The van der Waals surface area contributed by atoms with E-state index in [1.165, 1.54) is 0 Å². The number of nitrogens with zero attached hydrogens (tertiary/aromatic N) is 3. The fraction of sp³-hybridized carbons (Fsp3) is 0.423. The van der Waals surface area contributed by atoms with Gasteiger partial charge in [-0.15, -0.1) is 0 Å². The zero-order valence-electron chi connectivity index (χ0n) is 20.0. The van der Waals surface area contributed by atoms with Crippen LogP contribution in [0.2, 0.25) is 0 Å². The van der Waals surface area contributed by atoms with Gasteiger partial charge >= 0.3 is 6.03 Å². The van der Waals surface area contributed by atoms with Crippen LogP contribution in [0.3, 0.4) is 0 Å². The number of benzene rings is 1. The van der Waals surface area contributed by atoms with Crippen LogP contribution < -0.4 is 10.1 Å². The van der Waals surface area contributed by atoms with E-state index >= 15 is 0 Å². The Balaban J connectivity index is 1.63. The topological polar surface area (TPSA) is 84.0 Å². The number of carbonyl (C=O) groups excluding carboxylic acids is 2. The molecular formula is C26H32N4O4. The Hall–Kier alpha value is -3.23. The quantitative estimate of drug-likeness (QED) is 0.684. The van der Waals surface area contributed by atoms with E-state index in [0.717, 1.165) is 13.1 Å². The number of urea groups is 1. The third kappa shape index (κ3) is 5.29. The molecule has 2 aromatic rings. The Morgan fingerprint density at radius 3 is 2.59 bits per heavy atom. The monoisotopic (exact) mass is 464 g/mol. The number of likely N-dealkylation sites (tertiary alicyclic amines) is 1. The number of piperidine rings is 1. The first-order valence-electron chi connectivity index (χ1n) is 11.6. The van der Waals surface area contributed by atoms with E-state index in [-0.39, 0.29) is 24.4 Å². The Kier molecular flexibility index (Phi) is 7.29. The van der Waals surface area contributed by atoms with Crippen molar-refractivity contribution in [3.8, 4) is 5.75 Å². The number of ketones is 1. The number of rotatable bonds is 5. The lowest BCUT2D eigenvalue weighted by Crippen LogP contribution is -2.62. The van der Waals surface area contributed by atoms with Crippen LogP contribution in [0.25, 0.3) is 6.08 Å². The van der Waals surface area contributed by atoms with Gasteiger partial charge in [0.25, 0.3) is 0 Å². The highest BCUT2D eigenvalue weighted by Gasteiger charge is 2.48. The number of ether oxygens (including phenoxy) is 2. The molecule has 2 aliphatic rings. The fourth-order valence-corrected chi connectivity index (χ4v) is 4.51. The van der Waals surface area contributed by atoms with Crippen molar-refractivity contribution in [2.45, 2.75) is 19.9 Å². The Morgan fingerprint density at radius 1 is 1.21 bits per heavy atom. The van der Waals surface area contributed by atoms with Gasteiger partial charge in [0.2, 0.25) is 0 Å². The van der Waals surface area contributed by atoms with Crippen molar-refractivity contribution < 1.29 is 19.1 Å². The molecule has 8 heteroatoms. The van der Waals surface area contributed by atoms with Gasteiger partial charge in [-0.3, -0.25) is 14.7 Å². The molecule has 0 saturated carbocycles. The van der Waals surface area contributed by atoms with E-state index in [9.17, 15) is 9.59 Å². The largest absolute Gasteiger partial charge is 0.497 e. The SMILES string of the molecule is COc1ccc(NC(=O)N2CC(=Cc3ccccn3)C(=O)C(C)(C)C2CN2CCOCC2)cc1. The minimum atomic E-state index is -0.769. The fourth-order valence-electron chi connectivity index (χ4n) is 4.51. The Labute approximate surface area is 200 Å². The van der Waals surface area contributed by atoms with Crippen LogP contribution in [0.5, 0.6) is 5.75 Å². The summed E-state index contributed by atoms with van der Waals surface area (Å²) in [6.45, 7) is 7.56. The van der Waals surface area contributed by atoms with E-state index in [1.807, 2.05) is 32.0 Å². The number of aromatic nitrogens is 1. The first kappa shape index (κ1) is 23.9. The summed E-state index contributed by atoms with van der Waals surface area (Å²) in [6.07, 6.45) is 3.49. The summed E-state index contributed by atoms with van der Waals surface area (Å²) in [6, 6.07) is 12.3. The van der Waals surface area contributed by atoms with E-state index < -0.39 is 5.41 Å². The number of amides is 2. The van der Waals surface area contributed by atoms with Gasteiger partial charge in [0.05, 0.1) is 38.6 Å². The molecule has 3 heterocycles. The summed E-state index contributed by atoms with van der Waals surface area (Å²) in [7, 11) is 1.60. The van der Waals surface area contributed by atoms with Gasteiger partial charge in [0, 0.05) is 42.5 Å². The average Bonchev–Trinajstić information content (AvgIpc) is 2.85. The molecule has 0 aliphatic carbocycles. The summed E-state index contributed by atoms with van der Waals surface area (Å²) in [5.41, 5.74) is 1.17. The van der Waals surface area contributed by atoms with Crippen molar-refractivity contribution in [2.75, 3.05) is 51.8 Å². The van der Waals surface area contributed by atoms with Crippen molar-refractivity contribution in [1.82, 2.24) is 14.8 Å². The number of methoxy groups -OCH3 is 1. The Bertz CT molecular complexity index is 1030. The molecule has 4 rings (SSSR count). The van der Waals surface area contributed by atoms with Crippen molar-refractivity contribution in [1.29, 1.82) is 0 Å². The zero-order valence-corrected chi connectivity index (χ0v) is 20.0. The molecule has 0 spiro atoms. The number of anilines is 1. The maximum atomic E-state index is 13.6. The highest BCUT2D eigenvalue weighted by molar-refractivity contribution is 6.06. The van der Waals surface area contributed by atoms with Crippen LogP contribution in [0, 0.1) is 5.41 Å². The summed E-state index contributed by atoms with van der Waals surface area (Å²) in [5, 5.41) is 3.00. The standard InChI is InChI=1S/C26H32N4O4/c1-26(2)23(18-29-12-14-34-15-13-29)30(25(32)28-20-7-9-22(33-3)10-8-20)17-19(24(26)31)16-21-6-4-5-11-27-21/h4-11,16,23H,12-15,17-18H2,1-3H3,(H,28,32). The van der Waals surface area contributed by atoms with E-state index in [0.29, 0.717) is 42.5 Å². The number of carbonyl (C=O) groups is 2. The normalized spacial score (nSPS) is 22.0. The van der Waals surface area contributed by atoms with E-state index in [4.69, 9.17) is 9.47 Å². The second kappa shape index (κ2) is 10.4. The molecule has 2 amide bonds. The summed E-state index contributed by atoms with van der Waals surface area (Å²) in [5.74, 6) is 0.762. The number of hydrogen-bond acceptors (Lipinski definition) is 6. The first-order chi connectivity index (χ1) is 16.4. The lowest BCUT2D eigenvalue weighted by Gasteiger charge is -2.48. The third-order valence-electron chi connectivity index (χ3n) is 6.57. The smallest absolute Gasteiger partial charge is 0.322 e. The highest BCUT2D eigenvalue weighted by Crippen LogP contribution is 2.36. The number of hydrogen-bond donors (Lipinski definition) is 1. The predicted molar refractivity (Wildman–Crippen MR) is 131 cm³/mol. The van der Waals surface area contributed by atoms with Gasteiger partial charge in [-0.1, -0.05) is 19.9 Å². The van der Waals surface area contributed by atoms with E-state index in [1.54, 1.807) is 48.5 Å². The van der Waals surface area contributed by atoms with Gasteiger partial charge in [-0.05, 0) is 42.5 Å². The molecule has 1 N–H and O–H groups in total. The summed E-state index contributed by atoms with van der Waals surface area (Å²) >= 11 is 0. The molecule has 34 heavy (non-hydrogen) atoms. The van der Waals surface area contributed by atoms with Gasteiger partial charge in [0.1, 0.15) is 5.75 Å². The minimum absolute atomic E-state index is 0.0462. The van der Waals surface area contributed by atoms with Crippen molar-refractivity contribution >= 4 is 23.6 Å². The molecule has 2 aliphatic heterocycles. The average molecular weight is 465 g/mol. The molecule has 0 bridgehead atoms. The molecule has 180 valence electrons. The third-order valence-corrected chi connectivity index (χ3v) is 6.57. The van der Waals surface area contributed by atoms with Gasteiger partial charge in [-0.25, -0.2) is 4.79 Å². The zero-order chi connectivity index (χ0) is 24.1. The molecule has 0 radical (unpaired) electrons. The predicted octanol–water partition coefficient (Wildman–Crippen LogP) is 3.32. The van der Waals surface area contributed by atoms with E-state index in [2.05, 4.69) is 15.2 Å². The molecular weight excluding hydrogens is 432 g/mol. The first-order valence-corrected chi connectivity index (χ1v) is 11.6. The molecule has 1 unspecified atom stereocenters.